The first kappa shape index (κ1) is 30.7. The minimum absolute atomic E-state index is 0.00569. The Hall–Kier alpha value is -1.36. The predicted molar refractivity (Wildman–Crippen MR) is 171 cm³/mol. The SMILES string of the molecule is C=C(CNCCc1ccc(O)cc1)[C@@H]1CC[C@]2(CO)CC[C@]3(C)[C@H](CC[C@@H]4[C@@]5(C)CC[C@H](O)C(C)(C)[C@@H]5CC[C@]43C)[C@@H]12. The van der Waals surface area contributed by atoms with Gasteiger partial charge in [-0.05, 0) is 152 Å². The van der Waals surface area contributed by atoms with Crippen molar-refractivity contribution in [2.75, 3.05) is 19.7 Å². The fourth-order valence-corrected chi connectivity index (χ4v) is 12.7. The van der Waals surface area contributed by atoms with Crippen LogP contribution in [0.1, 0.15) is 104 Å². The third kappa shape index (κ3) is 4.39. The molecule has 4 heteroatoms. The van der Waals surface area contributed by atoms with Crippen LogP contribution < -0.4 is 5.32 Å². The van der Waals surface area contributed by atoms with E-state index in [2.05, 4.69) is 39.9 Å². The Balaban J connectivity index is 1.21. The number of aromatic hydroxyl groups is 1. The molecular formula is C38H59NO3. The van der Waals surface area contributed by atoms with Crippen LogP contribution in [-0.2, 0) is 6.42 Å². The molecule has 5 fully saturated rings. The molecule has 42 heavy (non-hydrogen) atoms. The van der Waals surface area contributed by atoms with Crippen LogP contribution >= 0.6 is 0 Å². The first-order valence-corrected chi connectivity index (χ1v) is 17.3. The maximum Gasteiger partial charge on any atom is 0.115 e. The summed E-state index contributed by atoms with van der Waals surface area (Å²) in [6, 6.07) is 7.54. The molecule has 0 bridgehead atoms. The second kappa shape index (κ2) is 10.6. The molecule has 234 valence electrons. The number of phenols is 1. The maximum absolute atomic E-state index is 11.0. The van der Waals surface area contributed by atoms with Crippen molar-refractivity contribution in [1.82, 2.24) is 5.32 Å². The number of aliphatic hydroxyl groups is 2. The quantitative estimate of drug-likeness (QED) is 0.200. The second-order valence-corrected chi connectivity index (χ2v) is 17.0. The van der Waals surface area contributed by atoms with E-state index in [4.69, 9.17) is 6.58 Å². The number of phenolic OH excluding ortho intramolecular Hbond substituents is 1. The van der Waals surface area contributed by atoms with Gasteiger partial charge in [0.15, 0.2) is 0 Å². The number of benzene rings is 1. The van der Waals surface area contributed by atoms with Gasteiger partial charge >= 0.3 is 0 Å². The molecule has 0 radical (unpaired) electrons. The molecule has 0 aromatic heterocycles. The van der Waals surface area contributed by atoms with Gasteiger partial charge < -0.3 is 20.6 Å². The lowest BCUT2D eigenvalue weighted by atomic mass is 9.32. The van der Waals surface area contributed by atoms with Crippen LogP contribution in [-0.4, -0.2) is 41.1 Å². The summed E-state index contributed by atoms with van der Waals surface area (Å²) < 4.78 is 0. The van der Waals surface area contributed by atoms with Gasteiger partial charge in [-0.25, -0.2) is 0 Å². The second-order valence-electron chi connectivity index (χ2n) is 17.0. The van der Waals surface area contributed by atoms with Gasteiger partial charge in [-0.15, -0.1) is 0 Å². The van der Waals surface area contributed by atoms with Gasteiger partial charge in [-0.1, -0.05) is 58.9 Å². The van der Waals surface area contributed by atoms with E-state index >= 15 is 0 Å². The van der Waals surface area contributed by atoms with Crippen LogP contribution in [0.25, 0.3) is 0 Å². The molecule has 6 rings (SSSR count). The summed E-state index contributed by atoms with van der Waals surface area (Å²) in [7, 11) is 0. The fraction of sp³-hybridized carbons (Fsp3) is 0.789. The predicted octanol–water partition coefficient (Wildman–Crippen LogP) is 7.52. The summed E-state index contributed by atoms with van der Waals surface area (Å²) in [4.78, 5) is 0. The van der Waals surface area contributed by atoms with Gasteiger partial charge in [0.1, 0.15) is 5.75 Å². The lowest BCUT2D eigenvalue weighted by molar-refractivity contribution is -0.249. The van der Waals surface area contributed by atoms with E-state index in [1.165, 1.54) is 56.1 Å². The van der Waals surface area contributed by atoms with Crippen molar-refractivity contribution in [2.24, 2.45) is 56.7 Å². The molecule has 0 spiro atoms. The van der Waals surface area contributed by atoms with E-state index in [0.717, 1.165) is 38.8 Å². The van der Waals surface area contributed by atoms with Crippen molar-refractivity contribution < 1.29 is 15.3 Å². The third-order valence-electron chi connectivity index (χ3n) is 15.3. The summed E-state index contributed by atoms with van der Waals surface area (Å²) in [5.74, 6) is 3.28. The summed E-state index contributed by atoms with van der Waals surface area (Å²) in [5.41, 5.74) is 3.52. The molecule has 10 atom stereocenters. The zero-order valence-electron chi connectivity index (χ0n) is 27.2. The Labute approximate surface area is 255 Å². The van der Waals surface area contributed by atoms with E-state index < -0.39 is 0 Å². The monoisotopic (exact) mass is 577 g/mol. The molecule has 1 aromatic rings. The third-order valence-corrected chi connectivity index (χ3v) is 15.3. The molecule has 5 saturated carbocycles. The molecular weight excluding hydrogens is 518 g/mol. The number of aliphatic hydroxyl groups excluding tert-OH is 2. The van der Waals surface area contributed by atoms with Crippen molar-refractivity contribution >= 4 is 0 Å². The lowest BCUT2D eigenvalue weighted by Gasteiger charge is -2.73. The van der Waals surface area contributed by atoms with Gasteiger partial charge in [0.25, 0.3) is 0 Å². The van der Waals surface area contributed by atoms with E-state index in [0.29, 0.717) is 52.8 Å². The normalized spacial score (nSPS) is 45.8. The van der Waals surface area contributed by atoms with Crippen LogP contribution in [0.5, 0.6) is 5.75 Å². The van der Waals surface area contributed by atoms with Gasteiger partial charge in [-0.3, -0.25) is 0 Å². The van der Waals surface area contributed by atoms with E-state index in [1.807, 2.05) is 12.1 Å². The highest BCUT2D eigenvalue weighted by Gasteiger charge is 2.70. The van der Waals surface area contributed by atoms with Gasteiger partial charge in [-0.2, -0.15) is 0 Å². The van der Waals surface area contributed by atoms with Gasteiger partial charge in [0.05, 0.1) is 6.10 Å². The number of nitrogens with one attached hydrogen (secondary N) is 1. The topological polar surface area (TPSA) is 72.7 Å². The van der Waals surface area contributed by atoms with Crippen molar-refractivity contribution in [3.05, 3.63) is 42.0 Å². The van der Waals surface area contributed by atoms with E-state index in [9.17, 15) is 15.3 Å². The van der Waals surface area contributed by atoms with Crippen LogP contribution in [0.3, 0.4) is 0 Å². The molecule has 4 N–H and O–H groups in total. The average Bonchev–Trinajstić information content (AvgIpc) is 3.35. The Bertz CT molecular complexity index is 1160. The summed E-state index contributed by atoms with van der Waals surface area (Å²) >= 11 is 0. The Morgan fingerprint density at radius 3 is 2.31 bits per heavy atom. The number of hydrogen-bond acceptors (Lipinski definition) is 4. The van der Waals surface area contributed by atoms with E-state index in [1.54, 1.807) is 12.1 Å². The highest BCUT2D eigenvalue weighted by atomic mass is 16.3. The molecule has 1 aromatic carbocycles. The van der Waals surface area contributed by atoms with Crippen molar-refractivity contribution in [2.45, 2.75) is 111 Å². The largest absolute Gasteiger partial charge is 0.508 e. The van der Waals surface area contributed by atoms with Crippen LogP contribution in [0.15, 0.2) is 36.4 Å². The molecule has 5 aliphatic carbocycles. The molecule has 0 heterocycles. The smallest absolute Gasteiger partial charge is 0.115 e. The van der Waals surface area contributed by atoms with Crippen molar-refractivity contribution in [3.63, 3.8) is 0 Å². The number of hydrogen-bond donors (Lipinski definition) is 4. The van der Waals surface area contributed by atoms with Gasteiger partial charge in [0.2, 0.25) is 0 Å². The minimum Gasteiger partial charge on any atom is -0.508 e. The van der Waals surface area contributed by atoms with Gasteiger partial charge in [0, 0.05) is 13.2 Å². The summed E-state index contributed by atoms with van der Waals surface area (Å²) in [6.45, 7) is 19.4. The summed E-state index contributed by atoms with van der Waals surface area (Å²) in [6.07, 6.45) is 12.7. The molecule has 0 amide bonds. The van der Waals surface area contributed by atoms with E-state index in [-0.39, 0.29) is 22.3 Å². The first-order valence-electron chi connectivity index (χ1n) is 17.3. The number of fused-ring (bicyclic) bond motifs is 7. The molecule has 4 nitrogen and oxygen atoms in total. The Morgan fingerprint density at radius 2 is 1.60 bits per heavy atom. The number of rotatable bonds is 7. The molecule has 5 aliphatic rings. The Morgan fingerprint density at radius 1 is 0.857 bits per heavy atom. The molecule has 0 unspecified atom stereocenters. The summed E-state index contributed by atoms with van der Waals surface area (Å²) in [5, 5.41) is 35.3. The molecule has 0 saturated heterocycles. The standard InChI is InChI=1S/C38H59NO3/c1-25(23-39-22-16-26-7-9-27(41)10-8-26)28-13-19-38(24-40)21-20-36(5)29(33(28)38)11-12-31-35(4)17-15-32(42)34(2,3)30(35)14-18-37(31,36)6/h7-10,28-33,39-42H,1,11-24H2,2-6H3/t28-,29+,30-,31+,32-,33+,35-,36+,37+,38+/m0/s1. The zero-order chi connectivity index (χ0) is 30.1. The van der Waals surface area contributed by atoms with Crippen molar-refractivity contribution in [3.8, 4) is 5.75 Å². The Kier molecular flexibility index (Phi) is 7.75. The first-order chi connectivity index (χ1) is 19.8. The molecule has 0 aliphatic heterocycles. The highest BCUT2D eigenvalue weighted by Crippen LogP contribution is 2.77. The average molecular weight is 578 g/mol. The van der Waals surface area contributed by atoms with Crippen LogP contribution in [0.4, 0.5) is 0 Å². The van der Waals surface area contributed by atoms with Crippen LogP contribution in [0.2, 0.25) is 0 Å². The maximum atomic E-state index is 11.0. The minimum atomic E-state index is -0.174. The lowest BCUT2D eigenvalue weighted by Crippen LogP contribution is -2.66. The van der Waals surface area contributed by atoms with Crippen LogP contribution in [0, 0.1) is 56.7 Å². The fourth-order valence-electron chi connectivity index (χ4n) is 12.7. The zero-order valence-corrected chi connectivity index (χ0v) is 27.2. The van der Waals surface area contributed by atoms with Crippen molar-refractivity contribution in [1.29, 1.82) is 0 Å². The highest BCUT2D eigenvalue weighted by molar-refractivity contribution is 5.26.